The van der Waals surface area contributed by atoms with Crippen LogP contribution in [-0.2, 0) is 9.47 Å². The number of benzene rings is 1. The summed E-state index contributed by atoms with van der Waals surface area (Å²) in [7, 11) is 1.22. The van der Waals surface area contributed by atoms with Crippen molar-refractivity contribution < 1.29 is 44.5 Å². The average Bonchev–Trinajstić information content (AvgIpc) is 2.52. The van der Waals surface area contributed by atoms with Crippen molar-refractivity contribution >= 4 is 5.97 Å². The summed E-state index contributed by atoms with van der Waals surface area (Å²) in [4.78, 5) is 12.1. The highest BCUT2D eigenvalue weighted by Crippen LogP contribution is 2.49. The zero-order chi connectivity index (χ0) is 16.9. The van der Waals surface area contributed by atoms with Crippen molar-refractivity contribution in [1.29, 1.82) is 0 Å². The van der Waals surface area contributed by atoms with Gasteiger partial charge in [0.1, 0.15) is 24.4 Å². The third-order valence-corrected chi connectivity index (χ3v) is 4.09. The molecule has 0 saturated carbocycles. The third-order valence-electron chi connectivity index (χ3n) is 4.09. The SMILES string of the molecule is COc1c(O)cc2c(c1O)[C@@H]1O[C@@H](CO)[C@@H](O)[C@@H](O)[C@H]1OC2=O. The molecule has 0 radical (unpaired) electrons. The summed E-state index contributed by atoms with van der Waals surface area (Å²) in [6.45, 7) is -0.583. The molecule has 0 aromatic heterocycles. The molecule has 1 aromatic carbocycles. The summed E-state index contributed by atoms with van der Waals surface area (Å²) < 4.78 is 15.4. The molecule has 9 heteroatoms. The van der Waals surface area contributed by atoms with Crippen molar-refractivity contribution in [3.8, 4) is 17.2 Å². The highest BCUT2D eigenvalue weighted by atomic mass is 16.6. The molecule has 9 nitrogen and oxygen atoms in total. The summed E-state index contributed by atoms with van der Waals surface area (Å²) in [6.07, 6.45) is -6.50. The molecule has 0 unspecified atom stereocenters. The third kappa shape index (κ3) is 2.20. The minimum Gasteiger partial charge on any atom is -0.504 e. The standard InChI is InChI=1S/C14H16O9/c1-21-11-5(16)2-4-7(9(11)18)12-13(23-14(4)20)10(19)8(17)6(3-15)22-12/h2,6,8,10,12-13,15-19H,3H2,1H3/t6-,8+,10+,12-,13+/m0/s1. The Morgan fingerprint density at radius 1 is 1.26 bits per heavy atom. The minimum atomic E-state index is -1.51. The first kappa shape index (κ1) is 15.8. The first-order chi connectivity index (χ1) is 10.9. The number of hydrogen-bond acceptors (Lipinski definition) is 9. The van der Waals surface area contributed by atoms with E-state index in [1.165, 1.54) is 7.11 Å². The normalized spacial score (nSPS) is 32.7. The van der Waals surface area contributed by atoms with Gasteiger partial charge in [0.15, 0.2) is 17.6 Å². The summed E-state index contributed by atoms with van der Waals surface area (Å²) in [5, 5.41) is 49.3. The van der Waals surface area contributed by atoms with Crippen LogP contribution in [0.15, 0.2) is 6.07 Å². The average molecular weight is 328 g/mol. The van der Waals surface area contributed by atoms with Crippen molar-refractivity contribution in [1.82, 2.24) is 0 Å². The van der Waals surface area contributed by atoms with Gasteiger partial charge in [0.2, 0.25) is 5.75 Å². The van der Waals surface area contributed by atoms with E-state index in [2.05, 4.69) is 0 Å². The van der Waals surface area contributed by atoms with Crippen LogP contribution in [0, 0.1) is 0 Å². The van der Waals surface area contributed by atoms with Gasteiger partial charge in [-0.1, -0.05) is 0 Å². The molecule has 2 aliphatic rings. The Bertz CT molecular complexity index is 644. The highest BCUT2D eigenvalue weighted by Gasteiger charge is 2.52. The monoisotopic (exact) mass is 328 g/mol. The number of phenolic OH excluding ortho intramolecular Hbond substituents is 2. The second kappa shape index (κ2) is 5.53. The van der Waals surface area contributed by atoms with E-state index in [0.29, 0.717) is 0 Å². The van der Waals surface area contributed by atoms with Crippen molar-refractivity contribution in [2.24, 2.45) is 0 Å². The van der Waals surface area contributed by atoms with Gasteiger partial charge in [-0.05, 0) is 6.07 Å². The van der Waals surface area contributed by atoms with Crippen molar-refractivity contribution in [2.75, 3.05) is 13.7 Å². The molecule has 23 heavy (non-hydrogen) atoms. The zero-order valence-corrected chi connectivity index (χ0v) is 12.0. The van der Waals surface area contributed by atoms with E-state index < -0.39 is 54.6 Å². The lowest BCUT2D eigenvalue weighted by Crippen LogP contribution is -2.58. The van der Waals surface area contributed by atoms with E-state index in [9.17, 15) is 30.3 Å². The van der Waals surface area contributed by atoms with E-state index in [0.717, 1.165) is 6.07 Å². The molecule has 0 amide bonds. The van der Waals surface area contributed by atoms with Gasteiger partial charge in [-0.2, -0.15) is 0 Å². The van der Waals surface area contributed by atoms with Crippen LogP contribution in [0.3, 0.4) is 0 Å². The Morgan fingerprint density at radius 3 is 2.57 bits per heavy atom. The molecule has 5 N–H and O–H groups in total. The number of carbonyl (C=O) groups is 1. The number of ether oxygens (including phenoxy) is 3. The van der Waals surface area contributed by atoms with Gasteiger partial charge in [0.25, 0.3) is 0 Å². The molecule has 1 fully saturated rings. The molecule has 3 rings (SSSR count). The van der Waals surface area contributed by atoms with Gasteiger partial charge < -0.3 is 39.7 Å². The minimum absolute atomic E-state index is 0.0368. The van der Waals surface area contributed by atoms with Crippen LogP contribution in [0.25, 0.3) is 0 Å². The number of methoxy groups -OCH3 is 1. The summed E-state index contributed by atoms with van der Waals surface area (Å²) in [5.74, 6) is -2.16. The number of hydrogen-bond donors (Lipinski definition) is 5. The zero-order valence-electron chi connectivity index (χ0n) is 12.0. The molecule has 0 aliphatic carbocycles. The van der Waals surface area contributed by atoms with Crippen LogP contribution in [0.5, 0.6) is 17.2 Å². The van der Waals surface area contributed by atoms with Crippen molar-refractivity contribution in [3.05, 3.63) is 17.2 Å². The maximum atomic E-state index is 12.1. The molecule has 0 spiro atoms. The van der Waals surface area contributed by atoms with Gasteiger partial charge in [-0.15, -0.1) is 0 Å². The summed E-state index contributed by atoms with van der Waals surface area (Å²) in [6, 6.07) is 1.06. The summed E-state index contributed by atoms with van der Waals surface area (Å²) >= 11 is 0. The molecule has 126 valence electrons. The van der Waals surface area contributed by atoms with Gasteiger partial charge in [0, 0.05) is 5.56 Å². The predicted octanol–water partition coefficient (Wildman–Crippen LogP) is -1.20. The number of aliphatic hydroxyl groups is 3. The van der Waals surface area contributed by atoms with Gasteiger partial charge in [0.05, 0.1) is 19.3 Å². The smallest absolute Gasteiger partial charge is 0.339 e. The van der Waals surface area contributed by atoms with Crippen LogP contribution in [0.1, 0.15) is 22.0 Å². The molecular weight excluding hydrogens is 312 g/mol. The number of esters is 1. The van der Waals surface area contributed by atoms with Crippen molar-refractivity contribution in [3.63, 3.8) is 0 Å². The fourth-order valence-corrected chi connectivity index (χ4v) is 2.95. The lowest BCUT2D eigenvalue weighted by atomic mass is 9.86. The molecule has 5 atom stereocenters. The quantitative estimate of drug-likeness (QED) is 0.422. The molecule has 2 aliphatic heterocycles. The Labute approximate surface area is 130 Å². The number of phenols is 2. The first-order valence-electron chi connectivity index (χ1n) is 6.87. The molecule has 1 aromatic rings. The lowest BCUT2D eigenvalue weighted by Gasteiger charge is -2.44. The Morgan fingerprint density at radius 2 is 1.96 bits per heavy atom. The summed E-state index contributed by atoms with van der Waals surface area (Å²) in [5.41, 5.74) is -0.187. The van der Waals surface area contributed by atoms with E-state index in [1.807, 2.05) is 0 Å². The van der Waals surface area contributed by atoms with Crippen molar-refractivity contribution in [2.45, 2.75) is 30.5 Å². The van der Waals surface area contributed by atoms with E-state index in [4.69, 9.17) is 14.2 Å². The number of rotatable bonds is 2. The fourth-order valence-electron chi connectivity index (χ4n) is 2.95. The van der Waals surface area contributed by atoms with Crippen LogP contribution in [0.4, 0.5) is 0 Å². The Hall–Kier alpha value is -2.07. The van der Waals surface area contributed by atoms with Crippen LogP contribution >= 0.6 is 0 Å². The van der Waals surface area contributed by atoms with E-state index >= 15 is 0 Å². The fraction of sp³-hybridized carbons (Fsp3) is 0.500. The van der Waals surface area contributed by atoms with Gasteiger partial charge >= 0.3 is 5.97 Å². The van der Waals surface area contributed by atoms with Gasteiger partial charge in [-0.3, -0.25) is 0 Å². The maximum Gasteiger partial charge on any atom is 0.339 e. The first-order valence-corrected chi connectivity index (χ1v) is 6.87. The Balaban J connectivity index is 2.16. The molecule has 0 bridgehead atoms. The Kier molecular flexibility index (Phi) is 3.80. The second-order valence-electron chi connectivity index (χ2n) is 5.37. The predicted molar refractivity (Wildman–Crippen MR) is 72.2 cm³/mol. The molecule has 2 heterocycles. The number of aromatic hydroxyl groups is 2. The number of fused-ring (bicyclic) bond motifs is 3. The number of carbonyl (C=O) groups excluding carboxylic acids is 1. The highest BCUT2D eigenvalue weighted by molar-refractivity contribution is 5.95. The maximum absolute atomic E-state index is 12.1. The molecule has 1 saturated heterocycles. The van der Waals surface area contributed by atoms with Gasteiger partial charge in [-0.25, -0.2) is 4.79 Å². The van der Waals surface area contributed by atoms with Crippen LogP contribution < -0.4 is 4.74 Å². The molecular formula is C14H16O9. The lowest BCUT2D eigenvalue weighted by molar-refractivity contribution is -0.235. The number of aliphatic hydroxyl groups excluding tert-OH is 3. The largest absolute Gasteiger partial charge is 0.504 e. The topological polar surface area (TPSA) is 146 Å². The van der Waals surface area contributed by atoms with E-state index in [1.54, 1.807) is 0 Å². The van der Waals surface area contributed by atoms with E-state index in [-0.39, 0.29) is 16.9 Å². The second-order valence-corrected chi connectivity index (χ2v) is 5.37. The van der Waals surface area contributed by atoms with Crippen LogP contribution in [-0.4, -0.2) is 69.6 Å². The van der Waals surface area contributed by atoms with Crippen LogP contribution in [0.2, 0.25) is 0 Å².